The number of hydrogen-bond acceptors (Lipinski definition) is 6. The van der Waals surface area contributed by atoms with E-state index in [-0.39, 0.29) is 5.56 Å². The fourth-order valence-corrected chi connectivity index (χ4v) is 2.60. The average Bonchev–Trinajstić information content (AvgIpc) is 2.72. The second-order valence-corrected chi connectivity index (χ2v) is 5.42. The molecule has 0 saturated carbocycles. The zero-order chi connectivity index (χ0) is 15.4. The molecule has 0 spiro atoms. The zero-order valence-electron chi connectivity index (χ0n) is 12.8. The van der Waals surface area contributed by atoms with Gasteiger partial charge in [-0.25, -0.2) is 9.48 Å². The van der Waals surface area contributed by atoms with Gasteiger partial charge in [-0.2, -0.15) is 0 Å². The molecule has 1 saturated heterocycles. The van der Waals surface area contributed by atoms with Crippen molar-refractivity contribution in [3.8, 4) is 0 Å². The van der Waals surface area contributed by atoms with Gasteiger partial charge >= 0.3 is 5.69 Å². The van der Waals surface area contributed by atoms with E-state index in [1.54, 1.807) is 7.05 Å². The van der Waals surface area contributed by atoms with Crippen LogP contribution in [0.25, 0.3) is 0 Å². The van der Waals surface area contributed by atoms with Crippen LogP contribution in [0.4, 0.5) is 5.82 Å². The van der Waals surface area contributed by atoms with Crippen LogP contribution in [-0.2, 0) is 14.1 Å². The van der Waals surface area contributed by atoms with Crippen LogP contribution in [-0.4, -0.2) is 58.5 Å². The summed E-state index contributed by atoms with van der Waals surface area (Å²) in [4.78, 5) is 28.2. The summed E-state index contributed by atoms with van der Waals surface area (Å²) in [6.07, 6.45) is 1.96. The highest BCUT2D eigenvalue weighted by Gasteiger charge is 2.20. The van der Waals surface area contributed by atoms with E-state index in [0.717, 1.165) is 50.1 Å². The van der Waals surface area contributed by atoms with E-state index in [2.05, 4.69) is 10.00 Å². The molecule has 0 aliphatic carbocycles. The highest BCUT2D eigenvalue weighted by atomic mass is 16.2. The van der Waals surface area contributed by atoms with Gasteiger partial charge in [-0.1, -0.05) is 0 Å². The van der Waals surface area contributed by atoms with Crippen LogP contribution in [0.2, 0.25) is 0 Å². The third-order valence-corrected chi connectivity index (χ3v) is 3.87. The van der Waals surface area contributed by atoms with Crippen molar-refractivity contribution in [2.24, 2.45) is 19.8 Å². The quantitative estimate of drug-likeness (QED) is 0.715. The summed E-state index contributed by atoms with van der Waals surface area (Å²) >= 11 is 0. The van der Waals surface area contributed by atoms with Gasteiger partial charge in [0, 0.05) is 33.7 Å². The number of rotatable bonds is 4. The Bertz CT molecular complexity index is 593. The van der Waals surface area contributed by atoms with Crippen molar-refractivity contribution in [3.63, 3.8) is 0 Å². The summed E-state index contributed by atoms with van der Waals surface area (Å²) in [6, 6.07) is 0. The Morgan fingerprint density at radius 2 is 1.90 bits per heavy atom. The average molecular weight is 296 g/mol. The molecule has 1 fully saturated rings. The summed E-state index contributed by atoms with van der Waals surface area (Å²) in [5.74, 6) is 0.361. The third kappa shape index (κ3) is 3.51. The highest BCUT2D eigenvalue weighted by molar-refractivity contribution is 5.34. The lowest BCUT2D eigenvalue weighted by atomic mass is 10.3. The van der Waals surface area contributed by atoms with Crippen molar-refractivity contribution in [2.45, 2.75) is 12.8 Å². The van der Waals surface area contributed by atoms with E-state index in [1.807, 2.05) is 4.90 Å². The molecule has 2 N–H and O–H groups in total. The van der Waals surface area contributed by atoms with Gasteiger partial charge in [0.1, 0.15) is 0 Å². The minimum Gasteiger partial charge on any atom is -0.349 e. The van der Waals surface area contributed by atoms with E-state index >= 15 is 0 Å². The Labute approximate surface area is 123 Å². The minimum absolute atomic E-state index is 0.325. The first-order valence-electron chi connectivity index (χ1n) is 7.36. The lowest BCUT2D eigenvalue weighted by molar-refractivity contribution is 0.291. The molecule has 21 heavy (non-hydrogen) atoms. The maximum absolute atomic E-state index is 12.2. The highest BCUT2D eigenvalue weighted by Crippen LogP contribution is 2.08. The zero-order valence-corrected chi connectivity index (χ0v) is 12.8. The fourth-order valence-electron chi connectivity index (χ4n) is 2.60. The van der Waals surface area contributed by atoms with Crippen molar-refractivity contribution in [1.29, 1.82) is 0 Å². The van der Waals surface area contributed by atoms with Crippen molar-refractivity contribution in [1.82, 2.24) is 19.2 Å². The SMILES string of the molecule is Cn1nc(N2CCCN(CCCN)CC2)c(=O)n(C)c1=O. The summed E-state index contributed by atoms with van der Waals surface area (Å²) < 4.78 is 2.33. The molecule has 118 valence electrons. The lowest BCUT2D eigenvalue weighted by Gasteiger charge is -2.22. The van der Waals surface area contributed by atoms with Gasteiger partial charge in [0.15, 0.2) is 0 Å². The number of aryl methyl sites for hydroxylation is 1. The molecule has 8 heteroatoms. The van der Waals surface area contributed by atoms with Crippen LogP contribution in [0.1, 0.15) is 12.8 Å². The first-order chi connectivity index (χ1) is 10.0. The van der Waals surface area contributed by atoms with Crippen LogP contribution < -0.4 is 21.9 Å². The molecule has 0 radical (unpaired) electrons. The van der Waals surface area contributed by atoms with Gasteiger partial charge < -0.3 is 15.5 Å². The molecule has 2 rings (SSSR count). The van der Waals surface area contributed by atoms with Gasteiger partial charge in [-0.3, -0.25) is 9.36 Å². The normalized spacial score (nSPS) is 17.0. The monoisotopic (exact) mass is 296 g/mol. The molecule has 8 nitrogen and oxygen atoms in total. The first-order valence-corrected chi connectivity index (χ1v) is 7.36. The number of aromatic nitrogens is 3. The fraction of sp³-hybridized carbons (Fsp3) is 0.769. The van der Waals surface area contributed by atoms with E-state index < -0.39 is 5.69 Å². The molecule has 0 amide bonds. The molecular weight excluding hydrogens is 272 g/mol. The predicted molar refractivity (Wildman–Crippen MR) is 81.7 cm³/mol. The molecule has 0 unspecified atom stereocenters. The van der Waals surface area contributed by atoms with E-state index in [0.29, 0.717) is 12.4 Å². The molecule has 0 bridgehead atoms. The standard InChI is InChI=1S/C13H24N6O2/c1-16-12(20)11(15-17(2)13(16)21)19-8-4-7-18(9-10-19)6-3-5-14/h3-10,14H2,1-2H3. The maximum atomic E-state index is 12.2. The summed E-state index contributed by atoms with van der Waals surface area (Å²) in [7, 11) is 3.05. The van der Waals surface area contributed by atoms with Crippen LogP contribution in [0, 0.1) is 0 Å². The third-order valence-electron chi connectivity index (χ3n) is 3.87. The second-order valence-electron chi connectivity index (χ2n) is 5.42. The van der Waals surface area contributed by atoms with E-state index in [4.69, 9.17) is 5.73 Å². The maximum Gasteiger partial charge on any atom is 0.346 e. The van der Waals surface area contributed by atoms with E-state index in [9.17, 15) is 9.59 Å². The van der Waals surface area contributed by atoms with Crippen molar-refractivity contribution in [2.75, 3.05) is 44.2 Å². The minimum atomic E-state index is -0.400. The summed E-state index contributed by atoms with van der Waals surface area (Å²) in [5, 5.41) is 4.14. The number of nitrogens with two attached hydrogens (primary N) is 1. The largest absolute Gasteiger partial charge is 0.349 e. The topological polar surface area (TPSA) is 89.4 Å². The molecule has 1 aliphatic rings. The van der Waals surface area contributed by atoms with Crippen LogP contribution >= 0.6 is 0 Å². The van der Waals surface area contributed by atoms with Gasteiger partial charge in [0.2, 0.25) is 5.82 Å². The molecule has 1 aromatic heterocycles. The van der Waals surface area contributed by atoms with E-state index in [1.165, 1.54) is 11.7 Å². The molecule has 1 aromatic rings. The van der Waals surface area contributed by atoms with Crippen LogP contribution in [0.15, 0.2) is 9.59 Å². The molecule has 0 aromatic carbocycles. The Morgan fingerprint density at radius 1 is 1.14 bits per heavy atom. The number of anilines is 1. The molecular formula is C13H24N6O2. The van der Waals surface area contributed by atoms with Crippen LogP contribution in [0.5, 0.6) is 0 Å². The van der Waals surface area contributed by atoms with Gasteiger partial charge in [-0.15, -0.1) is 5.10 Å². The van der Waals surface area contributed by atoms with Gasteiger partial charge in [-0.05, 0) is 32.5 Å². The Morgan fingerprint density at radius 3 is 2.62 bits per heavy atom. The van der Waals surface area contributed by atoms with Gasteiger partial charge in [0.25, 0.3) is 5.56 Å². The molecule has 2 heterocycles. The lowest BCUT2D eigenvalue weighted by Crippen LogP contribution is -2.44. The van der Waals surface area contributed by atoms with Crippen molar-refractivity contribution >= 4 is 5.82 Å². The van der Waals surface area contributed by atoms with Gasteiger partial charge in [0.05, 0.1) is 0 Å². The molecule has 1 aliphatic heterocycles. The second kappa shape index (κ2) is 6.86. The number of nitrogens with zero attached hydrogens (tertiary/aromatic N) is 5. The Balaban J connectivity index is 2.16. The van der Waals surface area contributed by atoms with Crippen molar-refractivity contribution in [3.05, 3.63) is 20.8 Å². The number of hydrogen-bond donors (Lipinski definition) is 1. The Kier molecular flexibility index (Phi) is 5.13. The first kappa shape index (κ1) is 15.7. The van der Waals surface area contributed by atoms with Crippen molar-refractivity contribution < 1.29 is 0 Å². The molecule has 0 atom stereocenters. The predicted octanol–water partition coefficient (Wildman–Crippen LogP) is -1.66. The smallest absolute Gasteiger partial charge is 0.346 e. The Hall–Kier alpha value is -1.67. The van der Waals surface area contributed by atoms with Crippen LogP contribution in [0.3, 0.4) is 0 Å². The summed E-state index contributed by atoms with van der Waals surface area (Å²) in [6.45, 7) is 5.09. The summed E-state index contributed by atoms with van der Waals surface area (Å²) in [5.41, 5.74) is 4.82.